The minimum absolute atomic E-state index is 0.307. The molecule has 0 rings (SSSR count). The van der Waals surface area contributed by atoms with E-state index < -0.39 is 0 Å². The average Bonchev–Trinajstić information content (AvgIpc) is 2.08. The van der Waals surface area contributed by atoms with E-state index in [0.29, 0.717) is 5.78 Å². The van der Waals surface area contributed by atoms with Gasteiger partial charge in [-0.2, -0.15) is 0 Å². The summed E-state index contributed by atoms with van der Waals surface area (Å²) in [6, 6.07) is 0. The summed E-state index contributed by atoms with van der Waals surface area (Å²) in [5.41, 5.74) is 0. The minimum Gasteiger partial charge on any atom is -0.300 e. The first-order valence-corrected chi connectivity index (χ1v) is 4.76. The topological polar surface area (TPSA) is 17.1 Å². The van der Waals surface area contributed by atoms with Crippen LogP contribution in [-0.4, -0.2) is 5.78 Å². The maximum atomic E-state index is 10.2. The molecule has 70 valence electrons. The van der Waals surface area contributed by atoms with Gasteiger partial charge in [0.05, 0.1) is 0 Å². The van der Waals surface area contributed by atoms with Gasteiger partial charge in [-0.15, -0.1) is 0 Å². The predicted molar refractivity (Wildman–Crippen MR) is 52.9 cm³/mol. The molecule has 0 heterocycles. The van der Waals surface area contributed by atoms with Crippen LogP contribution in [-0.2, 0) is 4.79 Å². The van der Waals surface area contributed by atoms with Gasteiger partial charge in [0.25, 0.3) is 0 Å². The minimum atomic E-state index is 0.307. The van der Waals surface area contributed by atoms with Crippen molar-refractivity contribution in [3.05, 3.63) is 0 Å². The highest BCUT2D eigenvalue weighted by Gasteiger charge is 1.87. The molecule has 0 radical (unpaired) electrons. The van der Waals surface area contributed by atoms with Crippen molar-refractivity contribution in [1.82, 2.24) is 0 Å². The standard InChI is InChI=1S/C6H12O.2C2H6/c1-3-4-5-6(2)7;2*1-2/h3-5H2,1-2H3;2*1-2H3. The van der Waals surface area contributed by atoms with Crippen LogP contribution in [0.1, 0.15) is 60.8 Å². The fraction of sp³-hybridized carbons (Fsp3) is 0.900. The van der Waals surface area contributed by atoms with Crippen LogP contribution in [0.3, 0.4) is 0 Å². The van der Waals surface area contributed by atoms with Gasteiger partial charge in [0.15, 0.2) is 0 Å². The Morgan fingerprint density at radius 1 is 1.09 bits per heavy atom. The van der Waals surface area contributed by atoms with Crippen LogP contribution in [0.25, 0.3) is 0 Å². The van der Waals surface area contributed by atoms with E-state index >= 15 is 0 Å². The summed E-state index contributed by atoms with van der Waals surface area (Å²) in [6.45, 7) is 11.7. The van der Waals surface area contributed by atoms with Crippen molar-refractivity contribution in [1.29, 1.82) is 0 Å². The van der Waals surface area contributed by atoms with Gasteiger partial charge in [0.2, 0.25) is 0 Å². The van der Waals surface area contributed by atoms with E-state index in [1.165, 1.54) is 0 Å². The van der Waals surface area contributed by atoms with Crippen molar-refractivity contribution in [2.24, 2.45) is 0 Å². The summed E-state index contributed by atoms with van der Waals surface area (Å²) in [5.74, 6) is 0.307. The highest BCUT2D eigenvalue weighted by molar-refractivity contribution is 5.75. The molecule has 1 heteroatoms. The third-order valence-electron chi connectivity index (χ3n) is 0.882. The number of carbonyl (C=O) groups is 1. The molecule has 0 aromatic heterocycles. The first-order valence-electron chi connectivity index (χ1n) is 4.76. The molecule has 0 aliphatic carbocycles. The van der Waals surface area contributed by atoms with Gasteiger partial charge in [-0.3, -0.25) is 0 Å². The van der Waals surface area contributed by atoms with Gasteiger partial charge < -0.3 is 4.79 Å². The maximum Gasteiger partial charge on any atom is 0.129 e. The van der Waals surface area contributed by atoms with Crippen molar-refractivity contribution in [3.63, 3.8) is 0 Å². The lowest BCUT2D eigenvalue weighted by molar-refractivity contribution is -0.117. The van der Waals surface area contributed by atoms with Gasteiger partial charge in [0, 0.05) is 6.42 Å². The molecular weight excluding hydrogens is 136 g/mol. The second kappa shape index (κ2) is 22.6. The summed E-state index contributed by atoms with van der Waals surface area (Å²) in [5, 5.41) is 0. The van der Waals surface area contributed by atoms with Crippen LogP contribution in [0.15, 0.2) is 0 Å². The highest BCUT2D eigenvalue weighted by atomic mass is 16.1. The molecule has 0 bridgehead atoms. The fourth-order valence-corrected chi connectivity index (χ4v) is 0.426. The normalized spacial score (nSPS) is 6.73. The quantitative estimate of drug-likeness (QED) is 0.613. The third-order valence-corrected chi connectivity index (χ3v) is 0.882. The largest absolute Gasteiger partial charge is 0.300 e. The second-order valence-corrected chi connectivity index (χ2v) is 1.81. The van der Waals surface area contributed by atoms with Crippen molar-refractivity contribution in [2.75, 3.05) is 0 Å². The molecule has 0 saturated carbocycles. The second-order valence-electron chi connectivity index (χ2n) is 1.81. The average molecular weight is 160 g/mol. The molecule has 0 aliphatic heterocycles. The first kappa shape index (κ1) is 17.0. The Hall–Kier alpha value is -0.330. The Balaban J connectivity index is -0.000000138. The fourth-order valence-electron chi connectivity index (χ4n) is 0.426. The predicted octanol–water partition coefficient (Wildman–Crippen LogP) is 3.82. The zero-order valence-electron chi connectivity index (χ0n) is 9.03. The summed E-state index contributed by atoms with van der Waals surface area (Å²) in [4.78, 5) is 10.2. The zero-order chi connectivity index (χ0) is 9.70. The van der Waals surface area contributed by atoms with E-state index in [2.05, 4.69) is 6.92 Å². The van der Waals surface area contributed by atoms with E-state index in [4.69, 9.17) is 0 Å². The van der Waals surface area contributed by atoms with E-state index in [-0.39, 0.29) is 0 Å². The van der Waals surface area contributed by atoms with Crippen molar-refractivity contribution in [2.45, 2.75) is 60.8 Å². The SMILES string of the molecule is CC.CC.CCCCC(C)=O. The van der Waals surface area contributed by atoms with Crippen molar-refractivity contribution < 1.29 is 4.79 Å². The maximum absolute atomic E-state index is 10.2. The summed E-state index contributed by atoms with van der Waals surface area (Å²) in [6.07, 6.45) is 2.94. The molecule has 0 aromatic carbocycles. The van der Waals surface area contributed by atoms with E-state index in [1.54, 1.807) is 6.92 Å². The number of unbranched alkanes of at least 4 members (excludes halogenated alkanes) is 1. The van der Waals surface area contributed by atoms with Crippen LogP contribution in [0.2, 0.25) is 0 Å². The van der Waals surface area contributed by atoms with Gasteiger partial charge in [0.1, 0.15) is 5.78 Å². The number of rotatable bonds is 3. The molecule has 0 aromatic rings. The van der Waals surface area contributed by atoms with E-state index in [0.717, 1.165) is 19.3 Å². The van der Waals surface area contributed by atoms with Crippen LogP contribution >= 0.6 is 0 Å². The highest BCUT2D eigenvalue weighted by Crippen LogP contribution is 1.92. The van der Waals surface area contributed by atoms with Gasteiger partial charge in [-0.25, -0.2) is 0 Å². The summed E-state index contributed by atoms with van der Waals surface area (Å²) >= 11 is 0. The Labute approximate surface area is 72.2 Å². The smallest absolute Gasteiger partial charge is 0.129 e. The molecule has 0 N–H and O–H groups in total. The summed E-state index contributed by atoms with van der Waals surface area (Å²) in [7, 11) is 0. The number of hydrogen-bond donors (Lipinski definition) is 0. The zero-order valence-corrected chi connectivity index (χ0v) is 9.03. The van der Waals surface area contributed by atoms with E-state index in [9.17, 15) is 4.79 Å². The molecular formula is C10H24O. The van der Waals surface area contributed by atoms with Crippen LogP contribution in [0.5, 0.6) is 0 Å². The van der Waals surface area contributed by atoms with Crippen LogP contribution in [0, 0.1) is 0 Å². The molecule has 0 atom stereocenters. The van der Waals surface area contributed by atoms with Crippen LogP contribution in [0.4, 0.5) is 0 Å². The Morgan fingerprint density at radius 2 is 1.45 bits per heavy atom. The first-order chi connectivity index (χ1) is 5.27. The van der Waals surface area contributed by atoms with Gasteiger partial charge in [-0.1, -0.05) is 41.0 Å². The van der Waals surface area contributed by atoms with E-state index in [1.807, 2.05) is 27.7 Å². The van der Waals surface area contributed by atoms with Gasteiger partial charge in [-0.05, 0) is 13.3 Å². The number of hydrogen-bond acceptors (Lipinski definition) is 1. The lowest BCUT2D eigenvalue weighted by atomic mass is 10.2. The molecule has 0 saturated heterocycles. The number of Topliss-reactive ketones (excluding diaryl/α,β-unsaturated/α-hetero) is 1. The molecule has 0 unspecified atom stereocenters. The lowest BCUT2D eigenvalue weighted by Crippen LogP contribution is -1.86. The van der Waals surface area contributed by atoms with Crippen molar-refractivity contribution in [3.8, 4) is 0 Å². The lowest BCUT2D eigenvalue weighted by Gasteiger charge is -1.86. The molecule has 0 fully saturated rings. The monoisotopic (exact) mass is 160 g/mol. The number of ketones is 1. The summed E-state index contributed by atoms with van der Waals surface area (Å²) < 4.78 is 0. The third kappa shape index (κ3) is 42.2. The molecule has 0 amide bonds. The number of carbonyl (C=O) groups excluding carboxylic acids is 1. The molecule has 11 heavy (non-hydrogen) atoms. The van der Waals surface area contributed by atoms with Crippen molar-refractivity contribution >= 4 is 5.78 Å². The van der Waals surface area contributed by atoms with Crippen LogP contribution < -0.4 is 0 Å². The Bertz CT molecular complexity index is 57.9. The Kier molecular flexibility index (Phi) is 34.9. The molecule has 0 spiro atoms. The molecule has 1 nitrogen and oxygen atoms in total. The Morgan fingerprint density at radius 3 is 1.55 bits per heavy atom. The molecule has 0 aliphatic rings. The van der Waals surface area contributed by atoms with Gasteiger partial charge >= 0.3 is 0 Å².